The molecule has 0 saturated carbocycles. The van der Waals surface area contributed by atoms with E-state index in [2.05, 4.69) is 4.98 Å². The van der Waals surface area contributed by atoms with Crippen LogP contribution in [0.25, 0.3) is 0 Å². The molecule has 1 heterocycles. The average Bonchev–Trinajstić information content (AvgIpc) is 2.16. The van der Waals surface area contributed by atoms with Crippen LogP contribution in [0.4, 0.5) is 0 Å². The van der Waals surface area contributed by atoms with Gasteiger partial charge in [-0.05, 0) is 6.07 Å². The number of nitrogens with zero attached hydrogens (tertiary/aromatic N) is 2. The standard InChI is InChI=1S/C8H10N4/c9-4-7(11)6-2-1-3-12-8(6)5-10/h1-3,7H,4,9,11H2. The summed E-state index contributed by atoms with van der Waals surface area (Å²) in [6, 6.07) is 5.18. The van der Waals surface area contributed by atoms with Crippen LogP contribution in [-0.2, 0) is 0 Å². The first-order valence-corrected chi connectivity index (χ1v) is 3.60. The largest absolute Gasteiger partial charge is 0.329 e. The van der Waals surface area contributed by atoms with E-state index in [1.165, 1.54) is 0 Å². The molecule has 0 aliphatic rings. The van der Waals surface area contributed by atoms with Gasteiger partial charge in [-0.3, -0.25) is 0 Å². The molecular weight excluding hydrogens is 152 g/mol. The molecule has 0 amide bonds. The van der Waals surface area contributed by atoms with Gasteiger partial charge in [0.2, 0.25) is 0 Å². The summed E-state index contributed by atoms with van der Waals surface area (Å²) in [5.74, 6) is 0. The molecule has 12 heavy (non-hydrogen) atoms. The van der Waals surface area contributed by atoms with E-state index in [0.29, 0.717) is 17.8 Å². The lowest BCUT2D eigenvalue weighted by molar-refractivity contribution is 0.730. The van der Waals surface area contributed by atoms with Crippen LogP contribution in [-0.4, -0.2) is 11.5 Å². The lowest BCUT2D eigenvalue weighted by Gasteiger charge is -2.08. The highest BCUT2D eigenvalue weighted by atomic mass is 14.7. The van der Waals surface area contributed by atoms with Crippen LogP contribution in [0, 0.1) is 11.3 Å². The third-order valence-electron chi connectivity index (χ3n) is 1.60. The Bertz CT molecular complexity index is 302. The predicted octanol–water partition coefficient (Wildman–Crippen LogP) is -0.0882. The second kappa shape index (κ2) is 3.81. The van der Waals surface area contributed by atoms with Crippen molar-refractivity contribution in [3.8, 4) is 6.07 Å². The predicted molar refractivity (Wildman–Crippen MR) is 44.9 cm³/mol. The van der Waals surface area contributed by atoms with Gasteiger partial charge in [-0.1, -0.05) is 6.07 Å². The van der Waals surface area contributed by atoms with E-state index < -0.39 is 0 Å². The van der Waals surface area contributed by atoms with Crippen LogP contribution in [0.2, 0.25) is 0 Å². The first-order valence-electron chi connectivity index (χ1n) is 3.60. The van der Waals surface area contributed by atoms with Crippen LogP contribution in [0.15, 0.2) is 18.3 Å². The molecule has 1 aromatic heterocycles. The number of hydrogen-bond donors (Lipinski definition) is 2. The van der Waals surface area contributed by atoms with Crippen molar-refractivity contribution < 1.29 is 0 Å². The van der Waals surface area contributed by atoms with Gasteiger partial charge in [0, 0.05) is 24.3 Å². The van der Waals surface area contributed by atoms with Crippen molar-refractivity contribution >= 4 is 0 Å². The fraction of sp³-hybridized carbons (Fsp3) is 0.250. The second-order valence-electron chi connectivity index (χ2n) is 2.40. The molecule has 62 valence electrons. The monoisotopic (exact) mass is 162 g/mol. The van der Waals surface area contributed by atoms with Crippen molar-refractivity contribution in [1.29, 1.82) is 5.26 Å². The molecule has 4 N–H and O–H groups in total. The molecule has 1 aromatic rings. The number of aromatic nitrogens is 1. The zero-order valence-corrected chi connectivity index (χ0v) is 6.57. The van der Waals surface area contributed by atoms with Gasteiger partial charge in [0.25, 0.3) is 0 Å². The Balaban J connectivity index is 3.07. The summed E-state index contributed by atoms with van der Waals surface area (Å²) in [5.41, 5.74) is 12.1. The number of pyridine rings is 1. The number of hydrogen-bond acceptors (Lipinski definition) is 4. The highest BCUT2D eigenvalue weighted by Gasteiger charge is 2.08. The molecule has 0 saturated heterocycles. The Labute approximate surface area is 70.8 Å². The fourth-order valence-electron chi connectivity index (χ4n) is 0.937. The molecule has 0 bridgehead atoms. The van der Waals surface area contributed by atoms with Gasteiger partial charge >= 0.3 is 0 Å². The Morgan fingerprint density at radius 1 is 1.67 bits per heavy atom. The Hall–Kier alpha value is -1.44. The van der Waals surface area contributed by atoms with Crippen LogP contribution in [0.1, 0.15) is 17.3 Å². The molecule has 4 nitrogen and oxygen atoms in total. The van der Waals surface area contributed by atoms with Crippen LogP contribution in [0.3, 0.4) is 0 Å². The Morgan fingerprint density at radius 3 is 3.00 bits per heavy atom. The normalized spacial score (nSPS) is 12.1. The van der Waals surface area contributed by atoms with Crippen molar-refractivity contribution in [3.05, 3.63) is 29.6 Å². The molecule has 0 spiro atoms. The fourth-order valence-corrected chi connectivity index (χ4v) is 0.937. The van der Waals surface area contributed by atoms with Crippen molar-refractivity contribution in [2.45, 2.75) is 6.04 Å². The molecule has 1 unspecified atom stereocenters. The number of rotatable bonds is 2. The van der Waals surface area contributed by atoms with E-state index >= 15 is 0 Å². The Kier molecular flexibility index (Phi) is 2.75. The van der Waals surface area contributed by atoms with Crippen molar-refractivity contribution in [1.82, 2.24) is 4.98 Å². The quantitative estimate of drug-likeness (QED) is 0.636. The SMILES string of the molecule is N#Cc1ncccc1C(N)CN. The first-order chi connectivity index (χ1) is 5.79. The van der Waals surface area contributed by atoms with E-state index in [9.17, 15) is 0 Å². The molecule has 0 fully saturated rings. The van der Waals surface area contributed by atoms with Gasteiger partial charge in [0.05, 0.1) is 0 Å². The maximum atomic E-state index is 8.65. The first kappa shape index (κ1) is 8.65. The van der Waals surface area contributed by atoms with Gasteiger partial charge in [-0.15, -0.1) is 0 Å². The third kappa shape index (κ3) is 1.59. The minimum Gasteiger partial charge on any atom is -0.329 e. The summed E-state index contributed by atoms with van der Waals surface area (Å²) in [7, 11) is 0. The highest BCUT2D eigenvalue weighted by Crippen LogP contribution is 2.11. The highest BCUT2D eigenvalue weighted by molar-refractivity contribution is 5.32. The molecule has 0 aromatic carbocycles. The molecule has 0 radical (unpaired) electrons. The lowest BCUT2D eigenvalue weighted by atomic mass is 10.1. The van der Waals surface area contributed by atoms with E-state index in [1.807, 2.05) is 6.07 Å². The van der Waals surface area contributed by atoms with Gasteiger partial charge in [-0.2, -0.15) is 5.26 Å². The Morgan fingerprint density at radius 2 is 2.42 bits per heavy atom. The second-order valence-corrected chi connectivity index (χ2v) is 2.40. The summed E-state index contributed by atoms with van der Waals surface area (Å²) in [6.45, 7) is 0.320. The van der Waals surface area contributed by atoms with E-state index in [1.54, 1.807) is 18.3 Å². The summed E-state index contributed by atoms with van der Waals surface area (Å²) in [6.07, 6.45) is 1.56. The van der Waals surface area contributed by atoms with Crippen LogP contribution < -0.4 is 11.5 Å². The topological polar surface area (TPSA) is 88.7 Å². The zero-order valence-electron chi connectivity index (χ0n) is 6.57. The van der Waals surface area contributed by atoms with Crippen molar-refractivity contribution in [2.75, 3.05) is 6.54 Å². The minimum atomic E-state index is -0.298. The van der Waals surface area contributed by atoms with Gasteiger partial charge in [0.1, 0.15) is 11.8 Å². The minimum absolute atomic E-state index is 0.298. The van der Waals surface area contributed by atoms with E-state index in [4.69, 9.17) is 16.7 Å². The molecule has 4 heteroatoms. The summed E-state index contributed by atoms with van der Waals surface area (Å²) in [4.78, 5) is 3.87. The lowest BCUT2D eigenvalue weighted by Crippen LogP contribution is -2.21. The summed E-state index contributed by atoms with van der Waals surface area (Å²) < 4.78 is 0. The van der Waals surface area contributed by atoms with E-state index in [-0.39, 0.29) is 6.04 Å². The molecular formula is C8H10N4. The van der Waals surface area contributed by atoms with Crippen LogP contribution >= 0.6 is 0 Å². The smallest absolute Gasteiger partial charge is 0.145 e. The van der Waals surface area contributed by atoms with Crippen molar-refractivity contribution in [2.24, 2.45) is 11.5 Å². The van der Waals surface area contributed by atoms with E-state index in [0.717, 1.165) is 0 Å². The maximum Gasteiger partial charge on any atom is 0.145 e. The maximum absolute atomic E-state index is 8.65. The molecule has 0 aliphatic heterocycles. The summed E-state index contributed by atoms with van der Waals surface area (Å²) in [5, 5.41) is 8.65. The molecule has 0 aliphatic carbocycles. The van der Waals surface area contributed by atoms with Gasteiger partial charge in [0.15, 0.2) is 0 Å². The summed E-state index contributed by atoms with van der Waals surface area (Å²) >= 11 is 0. The van der Waals surface area contributed by atoms with Gasteiger partial charge < -0.3 is 11.5 Å². The molecule has 1 atom stereocenters. The average molecular weight is 162 g/mol. The van der Waals surface area contributed by atoms with Gasteiger partial charge in [-0.25, -0.2) is 4.98 Å². The van der Waals surface area contributed by atoms with Crippen molar-refractivity contribution in [3.63, 3.8) is 0 Å². The third-order valence-corrected chi connectivity index (χ3v) is 1.60. The number of nitriles is 1. The molecule has 1 rings (SSSR count). The number of nitrogens with two attached hydrogens (primary N) is 2. The zero-order chi connectivity index (χ0) is 8.97. The van der Waals surface area contributed by atoms with Crippen LogP contribution in [0.5, 0.6) is 0 Å².